The highest BCUT2D eigenvalue weighted by Crippen LogP contribution is 2.31. The van der Waals surface area contributed by atoms with Crippen LogP contribution in [0, 0.1) is 13.7 Å². The maximum absolute atomic E-state index is 11.2. The summed E-state index contributed by atoms with van der Waals surface area (Å²) in [7, 11) is 1.68. The largest absolute Gasteiger partial charge is 0.336 e. The van der Waals surface area contributed by atoms with Crippen LogP contribution in [0.3, 0.4) is 0 Å². The number of halogens is 1. The average Bonchev–Trinajstić information content (AvgIpc) is 2.81. The summed E-state index contributed by atoms with van der Waals surface area (Å²) in [5.41, 5.74) is 0.495. The second kappa shape index (κ2) is 4.67. The van der Waals surface area contributed by atoms with Gasteiger partial charge in [0.15, 0.2) is 0 Å². The third-order valence-electron chi connectivity index (χ3n) is 2.52. The number of hydrogen-bond donors (Lipinski definition) is 0. The molecule has 0 aliphatic rings. The number of rotatable bonds is 3. The summed E-state index contributed by atoms with van der Waals surface area (Å²) in [6.07, 6.45) is 3.38. The van der Waals surface area contributed by atoms with E-state index in [1.165, 1.54) is 9.36 Å². The molecule has 2 rings (SSSR count). The van der Waals surface area contributed by atoms with Crippen LogP contribution in [0.5, 0.6) is 0 Å². The first-order chi connectivity index (χ1) is 8.41. The Labute approximate surface area is 117 Å². The molecule has 18 heavy (non-hydrogen) atoms. The minimum absolute atomic E-state index is 0.0139. The third kappa shape index (κ3) is 2.11. The van der Waals surface area contributed by atoms with Gasteiger partial charge < -0.3 is 0 Å². The van der Waals surface area contributed by atoms with E-state index in [1.807, 2.05) is 13.8 Å². The average molecular weight is 361 g/mol. The van der Waals surface area contributed by atoms with Gasteiger partial charge in [-0.3, -0.25) is 10.1 Å². The molecule has 7 nitrogen and oxygen atoms in total. The predicted molar refractivity (Wildman–Crippen MR) is 73.8 cm³/mol. The molecule has 0 fully saturated rings. The number of nitro groups is 1. The number of nitrogens with zero attached hydrogens (tertiary/aromatic N) is 5. The molecule has 2 aromatic heterocycles. The van der Waals surface area contributed by atoms with Crippen LogP contribution in [0.25, 0.3) is 5.82 Å². The lowest BCUT2D eigenvalue weighted by Gasteiger charge is -2.01. The van der Waals surface area contributed by atoms with Gasteiger partial charge in [-0.25, -0.2) is 9.36 Å². The van der Waals surface area contributed by atoms with Gasteiger partial charge in [0.1, 0.15) is 5.69 Å². The van der Waals surface area contributed by atoms with Gasteiger partial charge in [-0.15, -0.1) is 0 Å². The molecule has 96 valence electrons. The van der Waals surface area contributed by atoms with Crippen molar-refractivity contribution < 1.29 is 4.92 Å². The molecule has 2 heterocycles. The number of aryl methyl sites for hydroxylation is 1. The molecular weight excluding hydrogens is 349 g/mol. The smallest absolute Gasteiger partial charge is 0.258 e. The second-order valence-electron chi connectivity index (χ2n) is 4.20. The fourth-order valence-electron chi connectivity index (χ4n) is 1.76. The molecule has 0 amide bonds. The maximum Gasteiger partial charge on any atom is 0.336 e. The van der Waals surface area contributed by atoms with Crippen molar-refractivity contribution in [1.82, 2.24) is 19.6 Å². The highest BCUT2D eigenvalue weighted by molar-refractivity contribution is 14.1. The standard InChI is InChI=1S/C10H12IN5O2/c1-6(2)8-9(16(17)18)10(14(3)13-8)15-5-7(11)4-12-15/h4-6H,1-3H3. The van der Waals surface area contributed by atoms with Gasteiger partial charge in [0.2, 0.25) is 5.82 Å². The molecule has 0 spiro atoms. The quantitative estimate of drug-likeness (QED) is 0.477. The Morgan fingerprint density at radius 1 is 1.50 bits per heavy atom. The Kier molecular flexibility index (Phi) is 3.37. The second-order valence-corrected chi connectivity index (χ2v) is 5.44. The van der Waals surface area contributed by atoms with Gasteiger partial charge in [-0.05, 0) is 22.6 Å². The Balaban J connectivity index is 2.70. The molecule has 0 atom stereocenters. The highest BCUT2D eigenvalue weighted by Gasteiger charge is 2.29. The monoisotopic (exact) mass is 361 g/mol. The van der Waals surface area contributed by atoms with E-state index in [0.717, 1.165) is 3.57 Å². The van der Waals surface area contributed by atoms with E-state index in [1.54, 1.807) is 19.4 Å². The van der Waals surface area contributed by atoms with Gasteiger partial charge in [0.25, 0.3) is 0 Å². The molecule has 0 saturated heterocycles. The maximum atomic E-state index is 11.2. The Bertz CT molecular complexity index is 601. The molecule has 0 bridgehead atoms. The zero-order chi connectivity index (χ0) is 13.4. The molecule has 0 saturated carbocycles. The number of hydrogen-bond acceptors (Lipinski definition) is 4. The van der Waals surface area contributed by atoms with Crippen LogP contribution in [0.4, 0.5) is 5.69 Å². The van der Waals surface area contributed by atoms with Crippen molar-refractivity contribution in [3.8, 4) is 5.82 Å². The fourth-order valence-corrected chi connectivity index (χ4v) is 2.15. The summed E-state index contributed by atoms with van der Waals surface area (Å²) in [5, 5.41) is 19.6. The molecule has 0 radical (unpaired) electrons. The molecule has 0 unspecified atom stereocenters. The zero-order valence-electron chi connectivity index (χ0n) is 10.2. The van der Waals surface area contributed by atoms with Crippen molar-refractivity contribution in [2.75, 3.05) is 0 Å². The van der Waals surface area contributed by atoms with E-state index >= 15 is 0 Å². The predicted octanol–water partition coefficient (Wildman–Crippen LogP) is 2.24. The molecule has 0 aliphatic heterocycles. The van der Waals surface area contributed by atoms with E-state index in [2.05, 4.69) is 32.8 Å². The molecule has 0 N–H and O–H groups in total. The normalized spacial score (nSPS) is 11.2. The van der Waals surface area contributed by atoms with Gasteiger partial charge in [0, 0.05) is 19.2 Å². The van der Waals surface area contributed by atoms with Crippen molar-refractivity contribution in [2.24, 2.45) is 7.05 Å². The van der Waals surface area contributed by atoms with Gasteiger partial charge >= 0.3 is 5.69 Å². The Morgan fingerprint density at radius 3 is 2.61 bits per heavy atom. The van der Waals surface area contributed by atoms with Crippen LogP contribution in [-0.4, -0.2) is 24.5 Å². The van der Waals surface area contributed by atoms with E-state index in [0.29, 0.717) is 11.5 Å². The van der Waals surface area contributed by atoms with Gasteiger partial charge in [-0.2, -0.15) is 10.2 Å². The Hall–Kier alpha value is -1.45. The first-order valence-electron chi connectivity index (χ1n) is 5.33. The first-order valence-corrected chi connectivity index (χ1v) is 6.41. The van der Waals surface area contributed by atoms with Crippen LogP contribution in [0.15, 0.2) is 12.4 Å². The van der Waals surface area contributed by atoms with Crippen molar-refractivity contribution in [3.05, 3.63) is 31.8 Å². The molecule has 8 heteroatoms. The lowest BCUT2D eigenvalue weighted by atomic mass is 10.1. The van der Waals surface area contributed by atoms with E-state index in [-0.39, 0.29) is 11.6 Å². The molecular formula is C10H12IN5O2. The Morgan fingerprint density at radius 2 is 2.17 bits per heavy atom. The lowest BCUT2D eigenvalue weighted by Crippen LogP contribution is -2.05. The zero-order valence-corrected chi connectivity index (χ0v) is 12.3. The summed E-state index contributed by atoms with van der Waals surface area (Å²) < 4.78 is 3.89. The van der Waals surface area contributed by atoms with Crippen LogP contribution >= 0.6 is 22.6 Å². The van der Waals surface area contributed by atoms with Crippen LogP contribution in [0.1, 0.15) is 25.5 Å². The minimum Gasteiger partial charge on any atom is -0.258 e. The lowest BCUT2D eigenvalue weighted by molar-refractivity contribution is -0.385. The SMILES string of the molecule is CC(C)c1nn(C)c(-n2cc(I)cn2)c1[N+](=O)[O-]. The van der Waals surface area contributed by atoms with Crippen molar-refractivity contribution in [1.29, 1.82) is 0 Å². The topological polar surface area (TPSA) is 78.8 Å². The summed E-state index contributed by atoms with van der Waals surface area (Å²) in [6, 6.07) is 0. The van der Waals surface area contributed by atoms with Crippen LogP contribution in [-0.2, 0) is 7.05 Å². The number of aromatic nitrogens is 4. The molecule has 2 aromatic rings. The van der Waals surface area contributed by atoms with E-state index < -0.39 is 4.92 Å². The molecule has 0 aliphatic carbocycles. The van der Waals surface area contributed by atoms with E-state index in [4.69, 9.17) is 0 Å². The van der Waals surface area contributed by atoms with Crippen molar-refractivity contribution in [2.45, 2.75) is 19.8 Å². The van der Waals surface area contributed by atoms with Gasteiger partial charge in [0.05, 0.1) is 14.7 Å². The van der Waals surface area contributed by atoms with Crippen LogP contribution < -0.4 is 0 Å². The minimum atomic E-state index is -0.397. The van der Waals surface area contributed by atoms with Crippen LogP contribution in [0.2, 0.25) is 0 Å². The summed E-state index contributed by atoms with van der Waals surface area (Å²) in [4.78, 5) is 10.9. The third-order valence-corrected chi connectivity index (χ3v) is 3.07. The highest BCUT2D eigenvalue weighted by atomic mass is 127. The van der Waals surface area contributed by atoms with E-state index in [9.17, 15) is 10.1 Å². The van der Waals surface area contributed by atoms with Gasteiger partial charge in [-0.1, -0.05) is 13.8 Å². The van der Waals surface area contributed by atoms with Crippen molar-refractivity contribution in [3.63, 3.8) is 0 Å². The summed E-state index contributed by atoms with van der Waals surface area (Å²) in [5.74, 6) is 0.367. The summed E-state index contributed by atoms with van der Waals surface area (Å²) >= 11 is 2.11. The summed E-state index contributed by atoms with van der Waals surface area (Å²) in [6.45, 7) is 3.76. The fraction of sp³-hybridized carbons (Fsp3) is 0.400. The molecule has 0 aromatic carbocycles. The van der Waals surface area contributed by atoms with Crippen molar-refractivity contribution >= 4 is 28.3 Å². The first kappa shape index (κ1) is 13.0.